The number of aromatic nitrogens is 1. The second-order valence-electron chi connectivity index (χ2n) is 5.42. The fraction of sp³-hybridized carbons (Fsp3) is 0.222. The van der Waals surface area contributed by atoms with E-state index in [0.717, 1.165) is 16.1 Å². The number of thiazole rings is 1. The normalized spacial score (nSPS) is 10.9. The van der Waals surface area contributed by atoms with Gasteiger partial charge >= 0.3 is 0 Å². The van der Waals surface area contributed by atoms with Gasteiger partial charge in [-0.15, -0.1) is 11.3 Å². The van der Waals surface area contributed by atoms with Crippen molar-refractivity contribution in [1.82, 2.24) is 9.88 Å². The third-order valence-electron chi connectivity index (χ3n) is 3.68. The summed E-state index contributed by atoms with van der Waals surface area (Å²) in [6.07, 6.45) is 1.13. The Kier molecular flexibility index (Phi) is 4.94. The number of benzene rings is 2. The number of halogens is 1. The Labute approximate surface area is 144 Å². The average molecular weight is 345 g/mol. The molecule has 2 aromatic carbocycles. The molecule has 5 heteroatoms. The first kappa shape index (κ1) is 16.0. The van der Waals surface area contributed by atoms with E-state index in [9.17, 15) is 4.79 Å². The number of nitrogens with zero attached hydrogens (tertiary/aromatic N) is 2. The van der Waals surface area contributed by atoms with Gasteiger partial charge in [-0.1, -0.05) is 41.9 Å². The van der Waals surface area contributed by atoms with Crippen LogP contribution in [0.15, 0.2) is 48.5 Å². The van der Waals surface area contributed by atoms with E-state index in [1.807, 2.05) is 49.5 Å². The molecule has 0 saturated carbocycles. The zero-order chi connectivity index (χ0) is 16.2. The summed E-state index contributed by atoms with van der Waals surface area (Å²) in [5.74, 6) is 0.101. The highest BCUT2D eigenvalue weighted by molar-refractivity contribution is 7.18. The Hall–Kier alpha value is -1.91. The largest absolute Gasteiger partial charge is 0.341 e. The summed E-state index contributed by atoms with van der Waals surface area (Å²) in [4.78, 5) is 18.6. The van der Waals surface area contributed by atoms with Crippen molar-refractivity contribution in [3.05, 3.63) is 64.1 Å². The van der Waals surface area contributed by atoms with Crippen molar-refractivity contribution in [2.45, 2.75) is 19.4 Å². The molecule has 0 radical (unpaired) electrons. The summed E-state index contributed by atoms with van der Waals surface area (Å²) in [6, 6.07) is 15.7. The van der Waals surface area contributed by atoms with Gasteiger partial charge in [0.05, 0.1) is 15.2 Å². The van der Waals surface area contributed by atoms with Crippen LogP contribution in [0.25, 0.3) is 10.2 Å². The summed E-state index contributed by atoms with van der Waals surface area (Å²) < 4.78 is 1.17. The molecule has 0 bridgehead atoms. The van der Waals surface area contributed by atoms with Crippen molar-refractivity contribution < 1.29 is 4.79 Å². The molecule has 3 rings (SSSR count). The molecule has 118 valence electrons. The first-order chi connectivity index (χ1) is 11.1. The molecule has 0 spiro atoms. The summed E-state index contributed by atoms with van der Waals surface area (Å²) in [6.45, 7) is 0.526. The molecule has 0 unspecified atom stereocenters. The molecule has 0 aliphatic heterocycles. The molecule has 3 nitrogen and oxygen atoms in total. The molecular formula is C18H17ClN2OS. The number of rotatable bonds is 5. The summed E-state index contributed by atoms with van der Waals surface area (Å²) in [5.41, 5.74) is 1.97. The quantitative estimate of drug-likeness (QED) is 0.680. The van der Waals surface area contributed by atoms with Gasteiger partial charge in [-0.3, -0.25) is 4.79 Å². The third-order valence-corrected chi connectivity index (χ3v) is 5.15. The number of carbonyl (C=O) groups excluding carboxylic acids is 1. The maximum Gasteiger partial charge on any atom is 0.223 e. The summed E-state index contributed by atoms with van der Waals surface area (Å²) >= 11 is 7.80. The maximum absolute atomic E-state index is 12.3. The Morgan fingerprint density at radius 1 is 1.17 bits per heavy atom. The van der Waals surface area contributed by atoms with Crippen LogP contribution in [0.2, 0.25) is 5.02 Å². The lowest BCUT2D eigenvalue weighted by molar-refractivity contribution is -0.130. The van der Waals surface area contributed by atoms with Crippen LogP contribution in [-0.4, -0.2) is 22.8 Å². The number of hydrogen-bond acceptors (Lipinski definition) is 3. The monoisotopic (exact) mass is 344 g/mol. The van der Waals surface area contributed by atoms with Crippen molar-refractivity contribution in [2.75, 3.05) is 7.05 Å². The topological polar surface area (TPSA) is 33.2 Å². The minimum absolute atomic E-state index is 0.101. The van der Waals surface area contributed by atoms with Crippen LogP contribution in [0.3, 0.4) is 0 Å². The lowest BCUT2D eigenvalue weighted by Crippen LogP contribution is -2.26. The zero-order valence-corrected chi connectivity index (χ0v) is 14.4. The maximum atomic E-state index is 12.3. The highest BCUT2D eigenvalue weighted by Gasteiger charge is 2.12. The van der Waals surface area contributed by atoms with Crippen LogP contribution >= 0.6 is 22.9 Å². The van der Waals surface area contributed by atoms with E-state index in [4.69, 9.17) is 11.6 Å². The van der Waals surface area contributed by atoms with E-state index in [1.165, 1.54) is 4.70 Å². The minimum atomic E-state index is 0.101. The number of hydrogen-bond donors (Lipinski definition) is 0. The van der Waals surface area contributed by atoms with Gasteiger partial charge < -0.3 is 4.90 Å². The first-order valence-electron chi connectivity index (χ1n) is 7.45. The molecule has 0 fully saturated rings. The van der Waals surface area contributed by atoms with E-state index in [-0.39, 0.29) is 5.91 Å². The van der Waals surface area contributed by atoms with Gasteiger partial charge in [-0.25, -0.2) is 4.98 Å². The van der Waals surface area contributed by atoms with Crippen molar-refractivity contribution in [3.8, 4) is 0 Å². The number of carbonyl (C=O) groups is 1. The summed E-state index contributed by atoms with van der Waals surface area (Å²) in [7, 11) is 1.81. The first-order valence-corrected chi connectivity index (χ1v) is 8.65. The van der Waals surface area contributed by atoms with Crippen LogP contribution in [-0.2, 0) is 17.8 Å². The number of aryl methyl sites for hydroxylation is 1. The van der Waals surface area contributed by atoms with Gasteiger partial charge in [0.2, 0.25) is 5.91 Å². The predicted octanol–water partition coefficient (Wildman–Crippen LogP) is 4.54. The lowest BCUT2D eigenvalue weighted by Gasteiger charge is -2.17. The number of fused-ring (bicyclic) bond motifs is 1. The molecule has 1 aromatic heterocycles. The molecule has 0 N–H and O–H groups in total. The number of amides is 1. The van der Waals surface area contributed by atoms with Crippen LogP contribution in [0.1, 0.15) is 17.0 Å². The van der Waals surface area contributed by atoms with Crippen LogP contribution in [0.4, 0.5) is 0 Å². The molecule has 0 saturated heterocycles. The molecule has 0 atom stereocenters. The Morgan fingerprint density at radius 2 is 1.91 bits per heavy atom. The highest BCUT2D eigenvalue weighted by atomic mass is 35.5. The smallest absolute Gasteiger partial charge is 0.223 e. The van der Waals surface area contributed by atoms with Gasteiger partial charge in [-0.05, 0) is 23.8 Å². The summed E-state index contributed by atoms with van der Waals surface area (Å²) in [5, 5.41) is 1.70. The van der Waals surface area contributed by atoms with Crippen LogP contribution in [0, 0.1) is 0 Å². The molecular weight excluding hydrogens is 328 g/mol. The Balaban J connectivity index is 1.59. The molecule has 3 aromatic rings. The lowest BCUT2D eigenvalue weighted by atomic mass is 10.2. The van der Waals surface area contributed by atoms with E-state index < -0.39 is 0 Å². The molecule has 0 aliphatic carbocycles. The standard InChI is InChI=1S/C18H17ClN2OS/c1-21(12-13-6-2-3-7-14(13)19)18(22)11-10-17-20-15-8-4-5-9-16(15)23-17/h2-9H,10-12H2,1H3. The second kappa shape index (κ2) is 7.11. The molecule has 23 heavy (non-hydrogen) atoms. The fourth-order valence-corrected chi connectivity index (χ4v) is 3.56. The van der Waals surface area contributed by atoms with Gasteiger partial charge in [-0.2, -0.15) is 0 Å². The second-order valence-corrected chi connectivity index (χ2v) is 6.94. The van der Waals surface area contributed by atoms with Crippen molar-refractivity contribution in [1.29, 1.82) is 0 Å². The van der Waals surface area contributed by atoms with E-state index >= 15 is 0 Å². The number of para-hydroxylation sites is 1. The van der Waals surface area contributed by atoms with Gasteiger partial charge in [0.15, 0.2) is 0 Å². The SMILES string of the molecule is CN(Cc1ccccc1Cl)C(=O)CCc1nc2ccccc2s1. The predicted molar refractivity (Wildman–Crippen MR) is 95.9 cm³/mol. The van der Waals surface area contributed by atoms with Crippen molar-refractivity contribution >= 4 is 39.1 Å². The minimum Gasteiger partial charge on any atom is -0.341 e. The molecule has 1 amide bonds. The molecule has 1 heterocycles. The Morgan fingerprint density at radius 3 is 2.70 bits per heavy atom. The van der Waals surface area contributed by atoms with Gasteiger partial charge in [0.1, 0.15) is 0 Å². The van der Waals surface area contributed by atoms with Crippen LogP contribution < -0.4 is 0 Å². The Bertz CT molecular complexity index is 798. The molecule has 0 aliphatic rings. The zero-order valence-electron chi connectivity index (χ0n) is 12.8. The van der Waals surface area contributed by atoms with Gasteiger partial charge in [0.25, 0.3) is 0 Å². The third kappa shape index (κ3) is 3.89. The highest BCUT2D eigenvalue weighted by Crippen LogP contribution is 2.23. The van der Waals surface area contributed by atoms with E-state index in [1.54, 1.807) is 16.2 Å². The van der Waals surface area contributed by atoms with Crippen molar-refractivity contribution in [2.24, 2.45) is 0 Å². The fourth-order valence-electron chi connectivity index (χ4n) is 2.40. The van der Waals surface area contributed by atoms with Gasteiger partial charge in [0, 0.05) is 31.5 Å². The van der Waals surface area contributed by atoms with Crippen LogP contribution in [0.5, 0.6) is 0 Å². The van der Waals surface area contributed by atoms with Crippen molar-refractivity contribution in [3.63, 3.8) is 0 Å². The average Bonchev–Trinajstić information content (AvgIpc) is 2.97. The van der Waals surface area contributed by atoms with E-state index in [2.05, 4.69) is 11.1 Å². The van der Waals surface area contributed by atoms with E-state index in [0.29, 0.717) is 24.4 Å².